The first-order valence-corrected chi connectivity index (χ1v) is 7.89. The van der Waals surface area contributed by atoms with Gasteiger partial charge in [-0.05, 0) is 12.1 Å². The quantitative estimate of drug-likeness (QED) is 0.754. The Morgan fingerprint density at radius 3 is 2.24 bits per heavy atom. The van der Waals surface area contributed by atoms with Gasteiger partial charge in [-0.25, -0.2) is 0 Å². The van der Waals surface area contributed by atoms with Crippen molar-refractivity contribution < 1.29 is 19.5 Å². The number of rotatable bonds is 4. The first-order chi connectivity index (χ1) is 12.0. The molecule has 1 amide bonds. The van der Waals surface area contributed by atoms with Gasteiger partial charge in [0.1, 0.15) is 0 Å². The molecular weight excluding hydrogens is 320 g/mol. The Kier molecular flexibility index (Phi) is 4.37. The molecule has 2 N–H and O–H groups in total. The molecule has 0 fully saturated rings. The van der Waals surface area contributed by atoms with Gasteiger partial charge in [-0.1, -0.05) is 24.3 Å². The summed E-state index contributed by atoms with van der Waals surface area (Å²) in [6.45, 7) is -0.00867. The minimum absolute atomic E-state index is 0.160. The molecule has 2 aromatic rings. The van der Waals surface area contributed by atoms with Gasteiger partial charge in [-0.3, -0.25) is 14.4 Å². The summed E-state index contributed by atoms with van der Waals surface area (Å²) in [7, 11) is 3.22. The summed E-state index contributed by atoms with van der Waals surface area (Å²) in [5.74, 6) is -0.845. The van der Waals surface area contributed by atoms with Crippen LogP contribution in [-0.4, -0.2) is 54.7 Å². The number of carbonyl (C=O) groups is 3. The van der Waals surface area contributed by atoms with E-state index >= 15 is 0 Å². The lowest BCUT2D eigenvalue weighted by molar-refractivity contribution is 0.0828. The Bertz CT molecular complexity index is 887. The number of nitrogens with one attached hydrogen (secondary N) is 1. The van der Waals surface area contributed by atoms with Crippen molar-refractivity contribution in [3.05, 3.63) is 64.2 Å². The van der Waals surface area contributed by atoms with Crippen LogP contribution >= 0.6 is 0 Å². The second-order valence-corrected chi connectivity index (χ2v) is 5.96. The van der Waals surface area contributed by atoms with Crippen molar-refractivity contribution in [3.8, 4) is 0 Å². The Morgan fingerprint density at radius 1 is 1.00 bits per heavy atom. The van der Waals surface area contributed by atoms with Gasteiger partial charge in [-0.2, -0.15) is 0 Å². The fourth-order valence-electron chi connectivity index (χ4n) is 2.97. The number of fused-ring (bicyclic) bond motifs is 2. The highest BCUT2D eigenvalue weighted by atomic mass is 16.3. The summed E-state index contributed by atoms with van der Waals surface area (Å²) in [5, 5.41) is 12.1. The molecule has 0 unspecified atom stereocenters. The van der Waals surface area contributed by atoms with E-state index in [4.69, 9.17) is 5.11 Å². The fourth-order valence-corrected chi connectivity index (χ4v) is 2.97. The Hall–Kier alpha value is -2.99. The third-order valence-corrected chi connectivity index (χ3v) is 4.14. The normalized spacial score (nSPS) is 12.4. The maximum absolute atomic E-state index is 13.0. The molecular formula is C19H18N2O4. The number of hydrogen-bond donors (Lipinski definition) is 2. The molecule has 1 aliphatic rings. The van der Waals surface area contributed by atoms with E-state index in [9.17, 15) is 14.4 Å². The number of aliphatic hydroxyl groups excluding tert-OH is 1. The molecule has 0 aliphatic heterocycles. The average molecular weight is 338 g/mol. The average Bonchev–Trinajstić information content (AvgIpc) is 2.63. The van der Waals surface area contributed by atoms with Crippen LogP contribution in [0.3, 0.4) is 0 Å². The highest BCUT2D eigenvalue weighted by molar-refractivity contribution is 6.31. The molecule has 0 aromatic heterocycles. The number of ketones is 2. The van der Waals surface area contributed by atoms with Crippen molar-refractivity contribution in [1.82, 2.24) is 4.90 Å². The molecule has 128 valence electrons. The van der Waals surface area contributed by atoms with Crippen molar-refractivity contribution in [2.75, 3.05) is 32.6 Å². The summed E-state index contributed by atoms with van der Waals surface area (Å²) in [6.07, 6.45) is 0. The zero-order chi connectivity index (χ0) is 18.1. The van der Waals surface area contributed by atoms with Gasteiger partial charge in [-0.15, -0.1) is 0 Å². The molecule has 0 spiro atoms. The first-order valence-electron chi connectivity index (χ1n) is 7.89. The molecule has 0 saturated carbocycles. The van der Waals surface area contributed by atoms with Crippen molar-refractivity contribution in [2.24, 2.45) is 0 Å². The first kappa shape index (κ1) is 16.9. The topological polar surface area (TPSA) is 86.7 Å². The van der Waals surface area contributed by atoms with E-state index in [1.165, 1.54) is 11.0 Å². The fraction of sp³-hybridized carbons (Fsp3) is 0.211. The number of amides is 1. The van der Waals surface area contributed by atoms with Crippen LogP contribution in [0, 0.1) is 0 Å². The van der Waals surface area contributed by atoms with Crippen LogP contribution < -0.4 is 5.32 Å². The monoisotopic (exact) mass is 338 g/mol. The molecule has 0 saturated heterocycles. The lowest BCUT2D eigenvalue weighted by Crippen LogP contribution is -2.28. The maximum atomic E-state index is 13.0. The van der Waals surface area contributed by atoms with Crippen molar-refractivity contribution in [2.45, 2.75) is 0 Å². The van der Waals surface area contributed by atoms with Crippen molar-refractivity contribution in [3.63, 3.8) is 0 Å². The lowest BCUT2D eigenvalue weighted by atomic mass is 9.82. The van der Waals surface area contributed by atoms with Gasteiger partial charge >= 0.3 is 0 Å². The van der Waals surface area contributed by atoms with Gasteiger partial charge in [0.2, 0.25) is 0 Å². The Balaban J connectivity index is 2.25. The predicted molar refractivity (Wildman–Crippen MR) is 93.3 cm³/mol. The summed E-state index contributed by atoms with van der Waals surface area (Å²) < 4.78 is 0. The zero-order valence-electron chi connectivity index (χ0n) is 14.0. The van der Waals surface area contributed by atoms with Crippen LogP contribution in [0.25, 0.3) is 0 Å². The molecule has 25 heavy (non-hydrogen) atoms. The van der Waals surface area contributed by atoms with Crippen LogP contribution in [0.4, 0.5) is 5.69 Å². The Labute approximate surface area is 145 Å². The van der Waals surface area contributed by atoms with Gasteiger partial charge in [0.15, 0.2) is 11.6 Å². The standard InChI is InChI=1S/C19H18N2O4/c1-21(2)19(25)14-8-7-13-15(16(14)20-9-10-22)18(24)12-6-4-3-5-11(12)17(13)23/h3-8,20,22H,9-10H2,1-2H3. The predicted octanol–water partition coefficient (Wildman–Crippen LogP) is 1.57. The number of carbonyl (C=O) groups excluding carboxylic acids is 3. The number of hydrogen-bond acceptors (Lipinski definition) is 5. The van der Waals surface area contributed by atoms with Crippen LogP contribution in [0.15, 0.2) is 36.4 Å². The molecule has 6 heteroatoms. The molecule has 0 atom stereocenters. The van der Waals surface area contributed by atoms with Gasteiger partial charge < -0.3 is 15.3 Å². The van der Waals surface area contributed by atoms with Gasteiger partial charge in [0.25, 0.3) is 5.91 Å². The second kappa shape index (κ2) is 6.49. The molecule has 2 aromatic carbocycles. The molecule has 0 heterocycles. The van der Waals surface area contributed by atoms with E-state index < -0.39 is 0 Å². The van der Waals surface area contributed by atoms with Crippen LogP contribution in [0.2, 0.25) is 0 Å². The summed E-state index contributed by atoms with van der Waals surface area (Å²) >= 11 is 0. The second-order valence-electron chi connectivity index (χ2n) is 5.96. The molecule has 3 rings (SSSR count). The van der Waals surface area contributed by atoms with Crippen LogP contribution in [0.1, 0.15) is 42.2 Å². The number of aliphatic hydroxyl groups is 1. The van der Waals surface area contributed by atoms with E-state index in [1.54, 1.807) is 44.4 Å². The van der Waals surface area contributed by atoms with E-state index in [1.807, 2.05) is 0 Å². The molecule has 0 bridgehead atoms. The van der Waals surface area contributed by atoms with Crippen LogP contribution in [-0.2, 0) is 0 Å². The smallest absolute Gasteiger partial charge is 0.255 e. The third-order valence-electron chi connectivity index (χ3n) is 4.14. The highest BCUT2D eigenvalue weighted by Gasteiger charge is 2.33. The largest absolute Gasteiger partial charge is 0.395 e. The van der Waals surface area contributed by atoms with E-state index in [0.717, 1.165) is 0 Å². The molecule has 6 nitrogen and oxygen atoms in total. The summed E-state index contributed by atoms with van der Waals surface area (Å²) in [4.78, 5) is 39.6. The Morgan fingerprint density at radius 2 is 1.64 bits per heavy atom. The van der Waals surface area contributed by atoms with Gasteiger partial charge in [0.05, 0.1) is 23.4 Å². The van der Waals surface area contributed by atoms with Crippen LogP contribution in [0.5, 0.6) is 0 Å². The highest BCUT2D eigenvalue weighted by Crippen LogP contribution is 2.34. The number of nitrogens with zero attached hydrogens (tertiary/aromatic N) is 1. The number of anilines is 1. The number of benzene rings is 2. The van der Waals surface area contributed by atoms with E-state index in [-0.39, 0.29) is 53.0 Å². The van der Waals surface area contributed by atoms with E-state index in [0.29, 0.717) is 11.1 Å². The lowest BCUT2D eigenvalue weighted by Gasteiger charge is -2.23. The zero-order valence-corrected chi connectivity index (χ0v) is 14.0. The minimum Gasteiger partial charge on any atom is -0.395 e. The van der Waals surface area contributed by atoms with Gasteiger partial charge in [0, 0.05) is 37.3 Å². The summed E-state index contributed by atoms with van der Waals surface area (Å²) in [5.41, 5.74) is 1.71. The van der Waals surface area contributed by atoms with Crippen molar-refractivity contribution >= 4 is 23.2 Å². The van der Waals surface area contributed by atoms with E-state index in [2.05, 4.69) is 5.32 Å². The summed E-state index contributed by atoms with van der Waals surface area (Å²) in [6, 6.07) is 9.70. The third kappa shape index (κ3) is 2.70. The molecule has 0 radical (unpaired) electrons. The van der Waals surface area contributed by atoms with Crippen molar-refractivity contribution in [1.29, 1.82) is 0 Å². The minimum atomic E-state index is -0.306. The SMILES string of the molecule is CN(C)C(=O)c1ccc2c(c1NCCO)C(=O)c1ccccc1C2=O. The molecule has 1 aliphatic carbocycles. The maximum Gasteiger partial charge on any atom is 0.255 e.